The molecule has 6 heteroatoms. The fourth-order valence-corrected chi connectivity index (χ4v) is 1.98. The van der Waals surface area contributed by atoms with Gasteiger partial charge < -0.3 is 4.42 Å². The molecule has 0 aliphatic carbocycles. The molecule has 0 saturated heterocycles. The van der Waals surface area contributed by atoms with Gasteiger partial charge in [0.1, 0.15) is 23.5 Å². The van der Waals surface area contributed by atoms with Gasteiger partial charge in [0, 0.05) is 5.56 Å². The summed E-state index contributed by atoms with van der Waals surface area (Å²) < 4.78 is 5.26. The molecule has 0 saturated carbocycles. The second kappa shape index (κ2) is 5.78. The first-order valence-electron chi connectivity index (χ1n) is 6.40. The van der Waals surface area contributed by atoms with Gasteiger partial charge in [-0.25, -0.2) is 4.99 Å². The lowest BCUT2D eigenvalue weighted by Crippen LogP contribution is -2.27. The highest BCUT2D eigenvalue weighted by Crippen LogP contribution is 2.19. The lowest BCUT2D eigenvalue weighted by molar-refractivity contribution is 0.553. The van der Waals surface area contributed by atoms with Crippen LogP contribution in [0.25, 0.3) is 0 Å². The van der Waals surface area contributed by atoms with Gasteiger partial charge in [-0.3, -0.25) is 5.43 Å². The van der Waals surface area contributed by atoms with Crippen molar-refractivity contribution in [2.75, 3.05) is 0 Å². The number of rotatable bonds is 2. The lowest BCUT2D eigenvalue weighted by atomic mass is 10.0. The quantitative estimate of drug-likeness (QED) is 0.857. The molecule has 1 aromatic heterocycles. The second-order valence-corrected chi connectivity index (χ2v) is 4.32. The summed E-state index contributed by atoms with van der Waals surface area (Å²) in [5.74, 6) is 0.825. The van der Waals surface area contributed by atoms with E-state index >= 15 is 0 Å². The molecule has 0 radical (unpaired) electrons. The Morgan fingerprint density at radius 2 is 1.82 bits per heavy atom. The number of allylic oxidation sites excluding steroid dienone is 2. The van der Waals surface area contributed by atoms with Crippen molar-refractivity contribution in [2.45, 2.75) is 0 Å². The molecule has 1 aromatic carbocycles. The molecule has 22 heavy (non-hydrogen) atoms. The molecule has 104 valence electrons. The fraction of sp³-hybridized carbons (Fsp3) is 0. The molecule has 0 amide bonds. The number of hydrazone groups is 1. The average Bonchev–Trinajstić information content (AvgIpc) is 3.11. The summed E-state index contributed by atoms with van der Waals surface area (Å²) in [4.78, 5) is 4.34. The minimum absolute atomic E-state index is 0.104. The van der Waals surface area contributed by atoms with Gasteiger partial charge in [0.05, 0.1) is 6.26 Å². The second-order valence-electron chi connectivity index (χ2n) is 4.32. The summed E-state index contributed by atoms with van der Waals surface area (Å²) in [5, 5.41) is 22.6. The maximum absolute atomic E-state index is 9.16. The summed E-state index contributed by atoms with van der Waals surface area (Å²) in [6.07, 6.45) is 1.51. The van der Waals surface area contributed by atoms with Crippen molar-refractivity contribution in [3.8, 4) is 12.1 Å². The Labute approximate surface area is 126 Å². The molecule has 1 aliphatic heterocycles. The highest BCUT2D eigenvalue weighted by molar-refractivity contribution is 6.17. The van der Waals surface area contributed by atoms with E-state index in [1.807, 2.05) is 42.5 Å². The van der Waals surface area contributed by atoms with Gasteiger partial charge in [0.15, 0.2) is 17.2 Å². The molecule has 1 aliphatic rings. The smallest absolute Gasteiger partial charge is 0.190 e. The molecule has 6 nitrogen and oxygen atoms in total. The monoisotopic (exact) mass is 287 g/mol. The molecule has 0 unspecified atom stereocenters. The third-order valence-electron chi connectivity index (χ3n) is 2.98. The summed E-state index contributed by atoms with van der Waals surface area (Å²) in [6.45, 7) is 0. The van der Waals surface area contributed by atoms with Crippen LogP contribution in [0.5, 0.6) is 0 Å². The van der Waals surface area contributed by atoms with E-state index in [0.29, 0.717) is 17.3 Å². The van der Waals surface area contributed by atoms with E-state index in [2.05, 4.69) is 15.5 Å². The molecule has 0 bridgehead atoms. The SMILES string of the molecule is N#CC(C#N)=C1N=C(c2ccco2)NN=C1c1ccccc1. The van der Waals surface area contributed by atoms with Crippen LogP contribution in [-0.2, 0) is 0 Å². The molecule has 3 rings (SSSR count). The molecule has 2 heterocycles. The molecular weight excluding hydrogens is 278 g/mol. The first-order chi connectivity index (χ1) is 10.8. The van der Waals surface area contributed by atoms with Crippen molar-refractivity contribution in [3.05, 3.63) is 71.3 Å². The number of nitrogens with zero attached hydrogens (tertiary/aromatic N) is 4. The van der Waals surface area contributed by atoms with Crippen LogP contribution in [0.1, 0.15) is 11.3 Å². The summed E-state index contributed by atoms with van der Waals surface area (Å²) >= 11 is 0. The standard InChI is InChI=1S/C16H9N5O/c17-9-12(10-18)14-15(11-5-2-1-3-6-11)20-21-16(19-14)13-7-4-8-22-13/h1-8H,(H,19,21). The lowest BCUT2D eigenvalue weighted by Gasteiger charge is -2.15. The Morgan fingerprint density at radius 1 is 1.05 bits per heavy atom. The topological polar surface area (TPSA) is 97.5 Å². The van der Waals surface area contributed by atoms with Gasteiger partial charge in [-0.2, -0.15) is 15.6 Å². The van der Waals surface area contributed by atoms with E-state index in [-0.39, 0.29) is 11.3 Å². The van der Waals surface area contributed by atoms with Crippen molar-refractivity contribution < 1.29 is 4.42 Å². The van der Waals surface area contributed by atoms with Gasteiger partial charge in [-0.15, -0.1) is 0 Å². The first kappa shape index (κ1) is 13.3. The van der Waals surface area contributed by atoms with Crippen molar-refractivity contribution in [3.63, 3.8) is 0 Å². The van der Waals surface area contributed by atoms with E-state index in [0.717, 1.165) is 5.56 Å². The molecule has 2 aromatic rings. The van der Waals surface area contributed by atoms with Gasteiger partial charge in [0.25, 0.3) is 0 Å². The van der Waals surface area contributed by atoms with E-state index in [1.54, 1.807) is 12.1 Å². The van der Waals surface area contributed by atoms with Crippen molar-refractivity contribution in [2.24, 2.45) is 10.1 Å². The molecule has 0 fully saturated rings. The van der Waals surface area contributed by atoms with Crippen molar-refractivity contribution >= 4 is 11.5 Å². The van der Waals surface area contributed by atoms with Gasteiger partial charge in [0.2, 0.25) is 0 Å². The van der Waals surface area contributed by atoms with Crippen LogP contribution >= 0.6 is 0 Å². The van der Waals surface area contributed by atoms with Crippen LogP contribution in [0, 0.1) is 22.7 Å². The third-order valence-corrected chi connectivity index (χ3v) is 2.98. The molecule has 0 atom stereocenters. The number of amidine groups is 1. The van der Waals surface area contributed by atoms with E-state index < -0.39 is 0 Å². The van der Waals surface area contributed by atoms with Crippen LogP contribution < -0.4 is 5.43 Å². The number of nitriles is 2. The van der Waals surface area contributed by atoms with E-state index in [1.165, 1.54) is 6.26 Å². The highest BCUT2D eigenvalue weighted by Gasteiger charge is 2.22. The predicted octanol–water partition coefficient (Wildman–Crippen LogP) is 2.33. The number of benzene rings is 1. The number of aliphatic imine (C=N–C) groups is 1. The maximum Gasteiger partial charge on any atom is 0.190 e. The zero-order valence-corrected chi connectivity index (χ0v) is 11.3. The number of hydrogen-bond donors (Lipinski definition) is 1. The van der Waals surface area contributed by atoms with Gasteiger partial charge >= 0.3 is 0 Å². The van der Waals surface area contributed by atoms with E-state index in [9.17, 15) is 0 Å². The van der Waals surface area contributed by atoms with Crippen LogP contribution in [0.2, 0.25) is 0 Å². The summed E-state index contributed by atoms with van der Waals surface area (Å²) in [5.41, 5.74) is 4.11. The number of furan rings is 1. The van der Waals surface area contributed by atoms with Gasteiger partial charge in [-0.1, -0.05) is 30.3 Å². The van der Waals surface area contributed by atoms with Crippen LogP contribution in [0.15, 0.2) is 74.5 Å². The minimum Gasteiger partial charge on any atom is -0.461 e. The third kappa shape index (κ3) is 2.37. The fourth-order valence-electron chi connectivity index (χ4n) is 1.98. The predicted molar refractivity (Wildman–Crippen MR) is 79.6 cm³/mol. The molecule has 1 N–H and O–H groups in total. The Balaban J connectivity index is 2.13. The zero-order valence-electron chi connectivity index (χ0n) is 11.3. The van der Waals surface area contributed by atoms with Crippen LogP contribution in [0.4, 0.5) is 0 Å². The maximum atomic E-state index is 9.16. The Hall–Kier alpha value is -3.64. The Kier molecular flexibility index (Phi) is 3.51. The normalized spacial score (nSPS) is 13.3. The first-order valence-corrected chi connectivity index (χ1v) is 6.40. The van der Waals surface area contributed by atoms with Crippen LogP contribution in [0.3, 0.4) is 0 Å². The molecule has 0 spiro atoms. The van der Waals surface area contributed by atoms with E-state index in [4.69, 9.17) is 14.9 Å². The highest BCUT2D eigenvalue weighted by atomic mass is 16.3. The average molecular weight is 287 g/mol. The number of nitrogens with one attached hydrogen (secondary N) is 1. The molecular formula is C16H9N5O. The van der Waals surface area contributed by atoms with Crippen molar-refractivity contribution in [1.82, 2.24) is 5.43 Å². The van der Waals surface area contributed by atoms with Crippen molar-refractivity contribution in [1.29, 1.82) is 10.5 Å². The summed E-state index contributed by atoms with van der Waals surface area (Å²) in [7, 11) is 0. The van der Waals surface area contributed by atoms with Gasteiger partial charge in [-0.05, 0) is 12.1 Å². The summed E-state index contributed by atoms with van der Waals surface area (Å²) in [6, 6.07) is 16.4. The minimum atomic E-state index is -0.104. The Morgan fingerprint density at radius 3 is 2.45 bits per heavy atom. The Bertz CT molecular complexity index is 846. The zero-order chi connectivity index (χ0) is 15.4. The largest absolute Gasteiger partial charge is 0.461 e. The number of hydrogen-bond acceptors (Lipinski definition) is 6. The van der Waals surface area contributed by atoms with Crippen LogP contribution in [-0.4, -0.2) is 11.5 Å².